The minimum absolute atomic E-state index is 0.193. The Balaban J connectivity index is 1.89. The van der Waals surface area contributed by atoms with Gasteiger partial charge in [-0.25, -0.2) is 4.79 Å². The SMILES string of the molecule is COc1ccc2c(c1OC)[C@@]13CCN(C)[C@@]14C[C@@H]2OC(=O)[C@@]4(N)CC3. The fourth-order valence-corrected chi connectivity index (χ4v) is 6.52. The predicted octanol–water partition coefficient (Wildman–Crippen LogP) is 1.51. The van der Waals surface area contributed by atoms with E-state index < -0.39 is 11.1 Å². The number of likely N-dealkylation sites (N-methyl/N-ethyl adjacent to an activating group) is 1. The molecular weight excluding hydrogens is 320 g/mol. The van der Waals surface area contributed by atoms with Gasteiger partial charge in [-0.2, -0.15) is 0 Å². The second-order valence-corrected chi connectivity index (χ2v) is 7.95. The van der Waals surface area contributed by atoms with Crippen molar-refractivity contribution in [3.8, 4) is 11.5 Å². The number of nitrogens with zero attached hydrogens (tertiary/aromatic N) is 1. The quantitative estimate of drug-likeness (QED) is 0.820. The zero-order chi connectivity index (χ0) is 17.6. The first-order chi connectivity index (χ1) is 11.9. The van der Waals surface area contributed by atoms with Gasteiger partial charge >= 0.3 is 5.97 Å². The number of hydrogen-bond donors (Lipinski definition) is 1. The molecular formula is C19H24N2O4. The summed E-state index contributed by atoms with van der Waals surface area (Å²) in [6.45, 7) is 0.915. The predicted molar refractivity (Wildman–Crippen MR) is 90.8 cm³/mol. The van der Waals surface area contributed by atoms with Crippen LogP contribution in [0.5, 0.6) is 11.5 Å². The van der Waals surface area contributed by atoms with Crippen LogP contribution in [0.4, 0.5) is 0 Å². The fraction of sp³-hybridized carbons (Fsp3) is 0.632. The van der Waals surface area contributed by atoms with Crippen molar-refractivity contribution in [3.63, 3.8) is 0 Å². The Bertz CT molecular complexity index is 796. The lowest BCUT2D eigenvalue weighted by Crippen LogP contribution is -2.75. The molecule has 1 saturated carbocycles. The van der Waals surface area contributed by atoms with E-state index in [1.807, 2.05) is 12.1 Å². The number of fused-ring (bicyclic) bond motifs is 3. The molecule has 0 unspecified atom stereocenters. The lowest BCUT2D eigenvalue weighted by atomic mass is 9.55. The molecule has 25 heavy (non-hydrogen) atoms. The van der Waals surface area contributed by atoms with Gasteiger partial charge in [0.05, 0.1) is 19.8 Å². The van der Waals surface area contributed by atoms with Gasteiger partial charge in [0, 0.05) is 23.0 Å². The molecule has 2 N–H and O–H groups in total. The number of rotatable bonds is 2. The first kappa shape index (κ1) is 15.5. The number of nitrogens with two attached hydrogens (primary N) is 1. The van der Waals surface area contributed by atoms with Crippen LogP contribution in [0.15, 0.2) is 12.1 Å². The number of ether oxygens (including phenoxy) is 3. The average Bonchev–Trinajstić information content (AvgIpc) is 3.08. The monoisotopic (exact) mass is 344 g/mol. The van der Waals surface area contributed by atoms with E-state index in [1.54, 1.807) is 14.2 Å². The van der Waals surface area contributed by atoms with E-state index in [0.29, 0.717) is 6.42 Å². The number of benzene rings is 1. The topological polar surface area (TPSA) is 74.0 Å². The third kappa shape index (κ3) is 1.38. The van der Waals surface area contributed by atoms with Crippen molar-refractivity contribution in [1.29, 1.82) is 0 Å². The van der Waals surface area contributed by atoms with Crippen molar-refractivity contribution in [1.82, 2.24) is 4.90 Å². The molecule has 2 saturated heterocycles. The third-order valence-electron chi connectivity index (χ3n) is 7.50. The number of carbonyl (C=O) groups is 1. The Morgan fingerprint density at radius 2 is 2.04 bits per heavy atom. The molecule has 5 rings (SSSR count). The van der Waals surface area contributed by atoms with Crippen LogP contribution in [-0.2, 0) is 14.9 Å². The van der Waals surface area contributed by atoms with E-state index in [9.17, 15) is 4.79 Å². The molecule has 6 nitrogen and oxygen atoms in total. The first-order valence-corrected chi connectivity index (χ1v) is 8.92. The molecule has 2 bridgehead atoms. The summed E-state index contributed by atoms with van der Waals surface area (Å²) in [4.78, 5) is 15.2. The molecule has 1 spiro atoms. The molecule has 1 aromatic rings. The maximum absolute atomic E-state index is 12.9. The summed E-state index contributed by atoms with van der Waals surface area (Å²) in [6.07, 6.45) is 2.97. The Labute approximate surface area is 147 Å². The molecule has 134 valence electrons. The molecule has 2 aliphatic heterocycles. The van der Waals surface area contributed by atoms with Crippen LogP contribution in [0.2, 0.25) is 0 Å². The number of methoxy groups -OCH3 is 2. The minimum Gasteiger partial charge on any atom is -0.493 e. The second kappa shape index (κ2) is 4.48. The Morgan fingerprint density at radius 3 is 2.76 bits per heavy atom. The zero-order valence-corrected chi connectivity index (χ0v) is 14.9. The highest BCUT2D eigenvalue weighted by molar-refractivity contribution is 5.87. The van der Waals surface area contributed by atoms with E-state index in [2.05, 4.69) is 11.9 Å². The second-order valence-electron chi connectivity index (χ2n) is 7.95. The highest BCUT2D eigenvalue weighted by atomic mass is 16.5. The van der Waals surface area contributed by atoms with Crippen LogP contribution in [0.1, 0.15) is 42.9 Å². The third-order valence-corrected chi connectivity index (χ3v) is 7.50. The summed E-state index contributed by atoms with van der Waals surface area (Å²) >= 11 is 0. The van der Waals surface area contributed by atoms with Gasteiger partial charge in [0.25, 0.3) is 0 Å². The normalized spacial score (nSPS) is 41.1. The number of likely N-dealkylation sites (tertiary alicyclic amines) is 1. The highest BCUT2D eigenvalue weighted by Crippen LogP contribution is 2.71. The molecule has 2 aliphatic carbocycles. The maximum atomic E-state index is 12.9. The van der Waals surface area contributed by atoms with Crippen LogP contribution in [0, 0.1) is 0 Å². The molecule has 2 heterocycles. The summed E-state index contributed by atoms with van der Waals surface area (Å²) < 4.78 is 17.2. The lowest BCUT2D eigenvalue weighted by Gasteiger charge is -2.58. The summed E-state index contributed by atoms with van der Waals surface area (Å²) in [5.41, 5.74) is 7.43. The number of carbonyl (C=O) groups excluding carboxylic acids is 1. The van der Waals surface area contributed by atoms with E-state index in [0.717, 1.165) is 48.4 Å². The first-order valence-electron chi connectivity index (χ1n) is 8.92. The molecule has 1 aromatic carbocycles. The van der Waals surface area contributed by atoms with Gasteiger partial charge in [-0.05, 0) is 38.9 Å². The van der Waals surface area contributed by atoms with Gasteiger partial charge in [-0.1, -0.05) is 6.07 Å². The summed E-state index contributed by atoms with van der Waals surface area (Å²) in [6, 6.07) is 3.94. The molecule has 0 amide bonds. The number of esters is 1. The van der Waals surface area contributed by atoms with Crippen LogP contribution < -0.4 is 15.2 Å². The van der Waals surface area contributed by atoms with Gasteiger partial charge in [-0.15, -0.1) is 0 Å². The molecule has 4 aliphatic rings. The summed E-state index contributed by atoms with van der Waals surface area (Å²) in [7, 11) is 5.44. The zero-order valence-electron chi connectivity index (χ0n) is 14.9. The lowest BCUT2D eigenvalue weighted by molar-refractivity contribution is -0.179. The van der Waals surface area contributed by atoms with Crippen LogP contribution in [0.3, 0.4) is 0 Å². The average molecular weight is 344 g/mol. The standard InChI is InChI=1S/C19H24N2O4/c1-21-9-8-17-6-7-18(20)16(22)25-13(10-19(17,18)21)11-4-5-12(23-2)15(24-3)14(11)17/h4-5,13H,6-10,20H2,1-3H3/t13-,17+,18-,19-/m0/s1. The van der Waals surface area contributed by atoms with Crippen LogP contribution >= 0.6 is 0 Å². The Morgan fingerprint density at radius 1 is 1.24 bits per heavy atom. The van der Waals surface area contributed by atoms with Crippen LogP contribution in [-0.4, -0.2) is 49.8 Å². The van der Waals surface area contributed by atoms with Crippen molar-refractivity contribution >= 4 is 5.97 Å². The molecule has 3 fully saturated rings. The van der Waals surface area contributed by atoms with Crippen molar-refractivity contribution in [3.05, 3.63) is 23.3 Å². The van der Waals surface area contributed by atoms with Gasteiger partial charge in [0.1, 0.15) is 11.6 Å². The summed E-state index contributed by atoms with van der Waals surface area (Å²) in [5.74, 6) is 1.24. The van der Waals surface area contributed by atoms with Crippen LogP contribution in [0.25, 0.3) is 0 Å². The van der Waals surface area contributed by atoms with E-state index in [1.165, 1.54) is 0 Å². The largest absolute Gasteiger partial charge is 0.493 e. The maximum Gasteiger partial charge on any atom is 0.328 e. The van der Waals surface area contributed by atoms with Crippen molar-refractivity contribution in [2.24, 2.45) is 5.73 Å². The van der Waals surface area contributed by atoms with Crippen molar-refractivity contribution < 1.29 is 19.0 Å². The Hall–Kier alpha value is -1.79. The van der Waals surface area contributed by atoms with Gasteiger partial charge < -0.3 is 19.9 Å². The smallest absolute Gasteiger partial charge is 0.328 e. The Kier molecular flexibility index (Phi) is 2.77. The highest BCUT2D eigenvalue weighted by Gasteiger charge is 2.79. The van der Waals surface area contributed by atoms with Gasteiger partial charge in [0.2, 0.25) is 0 Å². The molecule has 4 atom stereocenters. The van der Waals surface area contributed by atoms with Gasteiger partial charge in [-0.3, -0.25) is 4.90 Å². The van der Waals surface area contributed by atoms with E-state index >= 15 is 0 Å². The number of hydrogen-bond acceptors (Lipinski definition) is 6. The van der Waals surface area contributed by atoms with Gasteiger partial charge in [0.15, 0.2) is 11.5 Å². The fourth-order valence-electron chi connectivity index (χ4n) is 6.52. The van der Waals surface area contributed by atoms with E-state index in [4.69, 9.17) is 19.9 Å². The molecule has 6 heteroatoms. The minimum atomic E-state index is -0.958. The van der Waals surface area contributed by atoms with Crippen molar-refractivity contribution in [2.45, 2.75) is 48.3 Å². The molecule has 0 radical (unpaired) electrons. The molecule has 0 aromatic heterocycles. The van der Waals surface area contributed by atoms with E-state index in [-0.39, 0.29) is 17.5 Å². The summed E-state index contributed by atoms with van der Waals surface area (Å²) in [5, 5.41) is 0. The van der Waals surface area contributed by atoms with Crippen molar-refractivity contribution in [2.75, 3.05) is 27.8 Å².